The minimum Gasteiger partial charge on any atom is -0.454 e. The number of carbonyl (C=O) groups is 1. The van der Waals surface area contributed by atoms with E-state index in [-0.39, 0.29) is 23.3 Å². The quantitative estimate of drug-likeness (QED) is 0.945. The van der Waals surface area contributed by atoms with Gasteiger partial charge in [-0.05, 0) is 18.2 Å². The zero-order chi connectivity index (χ0) is 15.4. The number of nitrogens with one attached hydrogen (secondary N) is 1. The Bertz CT molecular complexity index is 662. The summed E-state index contributed by atoms with van der Waals surface area (Å²) in [4.78, 5) is 16.8. The van der Waals surface area contributed by atoms with Crippen molar-refractivity contribution in [3.63, 3.8) is 0 Å². The Morgan fingerprint density at radius 2 is 2.00 bits per heavy atom. The number of halogens is 2. The topological polar surface area (TPSA) is 54.5 Å². The second-order valence-corrected chi connectivity index (χ2v) is 4.38. The number of ether oxygens (including phenoxy) is 1. The molecule has 0 saturated carbocycles. The fourth-order valence-corrected chi connectivity index (χ4v) is 1.45. The van der Waals surface area contributed by atoms with E-state index >= 15 is 0 Å². The number of rotatable bonds is 3. The molecule has 0 aliphatic rings. The summed E-state index contributed by atoms with van der Waals surface area (Å²) in [5, 5.41) is 2.52. The maximum Gasteiger partial charge on any atom is 0.322 e. The third kappa shape index (κ3) is 3.88. The largest absolute Gasteiger partial charge is 0.454 e. The Hall–Kier alpha value is -2.70. The molecule has 0 radical (unpaired) electrons. The van der Waals surface area contributed by atoms with Crippen molar-refractivity contribution in [2.24, 2.45) is 0 Å². The van der Waals surface area contributed by atoms with Crippen LogP contribution < -0.4 is 10.1 Å². The van der Waals surface area contributed by atoms with Crippen molar-refractivity contribution in [3.8, 4) is 11.5 Å². The van der Waals surface area contributed by atoms with E-state index in [4.69, 9.17) is 4.74 Å². The van der Waals surface area contributed by atoms with Gasteiger partial charge in [-0.1, -0.05) is 0 Å². The minimum absolute atomic E-state index is 0.226. The molecule has 0 unspecified atom stereocenters. The van der Waals surface area contributed by atoms with E-state index in [1.807, 2.05) is 0 Å². The summed E-state index contributed by atoms with van der Waals surface area (Å²) in [6.45, 7) is 0. The van der Waals surface area contributed by atoms with E-state index in [9.17, 15) is 13.6 Å². The number of aromatic nitrogens is 1. The molecule has 0 atom stereocenters. The van der Waals surface area contributed by atoms with Gasteiger partial charge < -0.3 is 9.64 Å². The first-order valence-corrected chi connectivity index (χ1v) is 6.03. The van der Waals surface area contributed by atoms with E-state index in [0.29, 0.717) is 0 Å². The van der Waals surface area contributed by atoms with Crippen molar-refractivity contribution >= 4 is 11.8 Å². The molecule has 1 aromatic carbocycles. The van der Waals surface area contributed by atoms with Crippen LogP contribution in [0.1, 0.15) is 0 Å². The third-order valence-electron chi connectivity index (χ3n) is 2.49. The van der Waals surface area contributed by atoms with Gasteiger partial charge in [-0.3, -0.25) is 5.32 Å². The van der Waals surface area contributed by atoms with Gasteiger partial charge in [0, 0.05) is 32.4 Å². The number of benzene rings is 1. The first-order chi connectivity index (χ1) is 9.95. The maximum atomic E-state index is 13.5. The number of nitrogens with zero attached hydrogens (tertiary/aromatic N) is 2. The predicted molar refractivity (Wildman–Crippen MR) is 73.4 cm³/mol. The van der Waals surface area contributed by atoms with Crippen molar-refractivity contribution in [2.45, 2.75) is 0 Å². The fraction of sp³-hybridized carbons (Fsp3) is 0.143. The lowest BCUT2D eigenvalue weighted by molar-refractivity contribution is 0.230. The molecule has 0 saturated heterocycles. The van der Waals surface area contributed by atoms with Crippen LogP contribution in [-0.2, 0) is 0 Å². The molecular formula is C14H13F2N3O2. The highest BCUT2D eigenvalue weighted by atomic mass is 19.1. The van der Waals surface area contributed by atoms with Gasteiger partial charge >= 0.3 is 6.03 Å². The average molecular weight is 293 g/mol. The number of amides is 2. The van der Waals surface area contributed by atoms with Crippen molar-refractivity contribution in [3.05, 3.63) is 48.2 Å². The number of carbonyl (C=O) groups excluding carboxylic acids is 1. The highest BCUT2D eigenvalue weighted by Crippen LogP contribution is 2.26. The first-order valence-electron chi connectivity index (χ1n) is 6.03. The predicted octanol–water partition coefficient (Wildman–Crippen LogP) is 3.25. The summed E-state index contributed by atoms with van der Waals surface area (Å²) < 4.78 is 31.8. The van der Waals surface area contributed by atoms with Crippen LogP contribution in [0.3, 0.4) is 0 Å². The molecule has 2 amide bonds. The Balaban J connectivity index is 2.18. The molecule has 1 N–H and O–H groups in total. The van der Waals surface area contributed by atoms with Gasteiger partial charge in [0.05, 0.1) is 0 Å². The van der Waals surface area contributed by atoms with E-state index in [2.05, 4.69) is 10.3 Å². The van der Waals surface area contributed by atoms with Gasteiger partial charge in [0.15, 0.2) is 11.6 Å². The van der Waals surface area contributed by atoms with Crippen LogP contribution in [0.15, 0.2) is 36.5 Å². The Morgan fingerprint density at radius 3 is 2.71 bits per heavy atom. The second-order valence-electron chi connectivity index (χ2n) is 4.38. The van der Waals surface area contributed by atoms with Crippen LogP contribution in [0.5, 0.6) is 11.5 Å². The number of hydrogen-bond acceptors (Lipinski definition) is 3. The lowest BCUT2D eigenvalue weighted by Gasteiger charge is -2.12. The van der Waals surface area contributed by atoms with Crippen molar-refractivity contribution in [1.29, 1.82) is 0 Å². The van der Waals surface area contributed by atoms with Crippen molar-refractivity contribution in [1.82, 2.24) is 9.88 Å². The number of urea groups is 1. The van der Waals surface area contributed by atoms with Crippen molar-refractivity contribution < 1.29 is 18.3 Å². The highest BCUT2D eigenvalue weighted by Gasteiger charge is 2.09. The zero-order valence-electron chi connectivity index (χ0n) is 11.4. The van der Waals surface area contributed by atoms with Crippen LogP contribution in [0.25, 0.3) is 0 Å². The third-order valence-corrected chi connectivity index (χ3v) is 2.49. The molecule has 110 valence electrons. The summed E-state index contributed by atoms with van der Waals surface area (Å²) in [5.74, 6) is -1.08. The van der Waals surface area contributed by atoms with Gasteiger partial charge in [0.2, 0.25) is 0 Å². The van der Waals surface area contributed by atoms with Crippen LogP contribution in [-0.4, -0.2) is 30.0 Å². The Morgan fingerprint density at radius 1 is 1.24 bits per heavy atom. The SMILES string of the molecule is CN(C)C(=O)Nc1cc(Oc2cc(F)ccc2F)ccn1. The monoisotopic (exact) mass is 293 g/mol. The van der Waals surface area contributed by atoms with Crippen molar-refractivity contribution in [2.75, 3.05) is 19.4 Å². The molecule has 0 aliphatic carbocycles. The van der Waals surface area contributed by atoms with Gasteiger partial charge in [-0.15, -0.1) is 0 Å². The zero-order valence-corrected chi connectivity index (χ0v) is 11.4. The molecule has 7 heteroatoms. The lowest BCUT2D eigenvalue weighted by atomic mass is 10.3. The van der Waals surface area contributed by atoms with E-state index in [1.165, 1.54) is 23.2 Å². The summed E-state index contributed by atoms with van der Waals surface area (Å²) in [5.41, 5.74) is 0. The molecule has 0 bridgehead atoms. The summed E-state index contributed by atoms with van der Waals surface area (Å²) in [6.07, 6.45) is 1.39. The van der Waals surface area contributed by atoms with Crippen LogP contribution >= 0.6 is 0 Å². The molecule has 21 heavy (non-hydrogen) atoms. The molecule has 0 aliphatic heterocycles. The molecule has 2 aromatic rings. The maximum absolute atomic E-state index is 13.5. The fourth-order valence-electron chi connectivity index (χ4n) is 1.45. The minimum atomic E-state index is -0.688. The standard InChI is InChI=1S/C14H13F2N3O2/c1-19(2)14(20)18-13-8-10(5-6-17-13)21-12-7-9(15)3-4-11(12)16/h3-8H,1-2H3,(H,17,18,20). The second kappa shape index (κ2) is 6.17. The molecular weight excluding hydrogens is 280 g/mol. The summed E-state index contributed by atoms with van der Waals surface area (Å²) in [6, 6.07) is 5.42. The molecule has 0 fully saturated rings. The van der Waals surface area contributed by atoms with Crippen LogP contribution in [0.4, 0.5) is 19.4 Å². The van der Waals surface area contributed by atoms with Gasteiger partial charge in [0.25, 0.3) is 0 Å². The molecule has 0 spiro atoms. The van der Waals surface area contributed by atoms with E-state index in [1.54, 1.807) is 14.1 Å². The summed E-state index contributed by atoms with van der Waals surface area (Å²) in [7, 11) is 3.16. The Labute approximate surface area is 120 Å². The highest BCUT2D eigenvalue weighted by molar-refractivity contribution is 5.88. The Kier molecular flexibility index (Phi) is 4.32. The molecule has 1 heterocycles. The van der Waals surface area contributed by atoms with Gasteiger partial charge in [-0.2, -0.15) is 0 Å². The smallest absolute Gasteiger partial charge is 0.322 e. The lowest BCUT2D eigenvalue weighted by Crippen LogP contribution is -2.27. The summed E-state index contributed by atoms with van der Waals surface area (Å²) >= 11 is 0. The molecule has 1 aromatic heterocycles. The van der Waals surface area contributed by atoms with Crippen LogP contribution in [0.2, 0.25) is 0 Å². The van der Waals surface area contributed by atoms with Gasteiger partial charge in [-0.25, -0.2) is 18.6 Å². The average Bonchev–Trinajstić information content (AvgIpc) is 2.43. The van der Waals surface area contributed by atoms with E-state index in [0.717, 1.165) is 18.2 Å². The number of hydrogen-bond donors (Lipinski definition) is 1. The molecule has 2 rings (SSSR count). The van der Waals surface area contributed by atoms with Gasteiger partial charge in [0.1, 0.15) is 17.4 Å². The van der Waals surface area contributed by atoms with Crippen LogP contribution in [0, 0.1) is 11.6 Å². The first kappa shape index (κ1) is 14.7. The van der Waals surface area contributed by atoms with E-state index < -0.39 is 11.6 Å². The number of pyridine rings is 1. The number of anilines is 1. The normalized spacial score (nSPS) is 10.1. The molecule has 5 nitrogen and oxygen atoms in total.